The fraction of sp³-hybridized carbons (Fsp3) is 0.152. The lowest BCUT2D eigenvalue weighted by Gasteiger charge is -2.28. The Morgan fingerprint density at radius 1 is 0.905 bits per heavy atom. The number of phenolic OH excluding ortho intramolecular Hbond substituents is 1. The lowest BCUT2D eigenvalue weighted by molar-refractivity contribution is 0.413. The molecule has 6 rings (SSSR count). The number of nitrogens with zero attached hydrogens (tertiary/aromatic N) is 3. The molecule has 5 aromatic rings. The molecule has 0 amide bonds. The number of halogens is 1. The lowest BCUT2D eigenvalue weighted by Crippen LogP contribution is -2.29. The van der Waals surface area contributed by atoms with Gasteiger partial charge in [-0.2, -0.15) is 0 Å². The van der Waals surface area contributed by atoms with Crippen LogP contribution >= 0.6 is 23.8 Å². The van der Waals surface area contributed by atoms with Crippen molar-refractivity contribution in [1.82, 2.24) is 14.9 Å². The van der Waals surface area contributed by atoms with Gasteiger partial charge in [-0.3, -0.25) is 4.98 Å². The molecule has 212 valence electrons. The second-order valence-corrected chi connectivity index (χ2v) is 10.9. The quantitative estimate of drug-likeness (QED) is 0.186. The number of aromatic nitrogens is 2. The first kappa shape index (κ1) is 27.6. The van der Waals surface area contributed by atoms with E-state index >= 15 is 0 Å². The fourth-order valence-electron chi connectivity index (χ4n) is 5.54. The van der Waals surface area contributed by atoms with Gasteiger partial charge in [-0.15, -0.1) is 0 Å². The topological polar surface area (TPSA) is 71.8 Å². The molecule has 0 radical (unpaired) electrons. The van der Waals surface area contributed by atoms with Crippen molar-refractivity contribution in [2.45, 2.75) is 25.9 Å². The average Bonchev–Trinajstić information content (AvgIpc) is 3.50. The van der Waals surface area contributed by atoms with E-state index < -0.39 is 0 Å². The molecule has 9 heteroatoms. The largest absolute Gasteiger partial charge is 0.506 e. The summed E-state index contributed by atoms with van der Waals surface area (Å²) in [5.41, 5.74) is 5.38. The van der Waals surface area contributed by atoms with Crippen LogP contribution < -0.4 is 19.7 Å². The summed E-state index contributed by atoms with van der Waals surface area (Å²) < 4.78 is 13.3. The molecule has 0 spiro atoms. The Morgan fingerprint density at radius 3 is 2.26 bits per heavy atom. The van der Waals surface area contributed by atoms with E-state index in [9.17, 15) is 5.11 Å². The Bertz CT molecular complexity index is 1740. The van der Waals surface area contributed by atoms with Crippen molar-refractivity contribution in [1.29, 1.82) is 0 Å². The fourth-order valence-corrected chi connectivity index (χ4v) is 6.05. The first-order valence-electron chi connectivity index (χ1n) is 13.4. The maximum atomic E-state index is 10.7. The predicted octanol–water partition coefficient (Wildman–Crippen LogP) is 7.83. The van der Waals surface area contributed by atoms with Crippen LogP contribution in [0.3, 0.4) is 0 Å². The molecule has 2 N–H and O–H groups in total. The first-order chi connectivity index (χ1) is 20.3. The highest BCUT2D eigenvalue weighted by Gasteiger charge is 2.42. The van der Waals surface area contributed by atoms with E-state index in [0.29, 0.717) is 27.3 Å². The van der Waals surface area contributed by atoms with Crippen LogP contribution in [0, 0.1) is 13.8 Å². The summed E-state index contributed by atoms with van der Waals surface area (Å²) in [6.07, 6.45) is 1.79. The first-order valence-corrected chi connectivity index (χ1v) is 14.2. The molecule has 7 nitrogen and oxygen atoms in total. The molecule has 0 saturated carbocycles. The van der Waals surface area contributed by atoms with Gasteiger partial charge >= 0.3 is 0 Å². The second-order valence-electron chi connectivity index (χ2n) is 10.1. The Kier molecular flexibility index (Phi) is 7.49. The maximum absolute atomic E-state index is 10.7. The van der Waals surface area contributed by atoms with Gasteiger partial charge in [-0.05, 0) is 117 Å². The van der Waals surface area contributed by atoms with Crippen molar-refractivity contribution < 1.29 is 14.6 Å². The maximum Gasteiger partial charge on any atom is 0.174 e. The lowest BCUT2D eigenvalue weighted by atomic mass is 9.96. The van der Waals surface area contributed by atoms with E-state index in [1.54, 1.807) is 31.5 Å². The number of methoxy groups -OCH3 is 1. The van der Waals surface area contributed by atoms with Gasteiger partial charge in [-0.1, -0.05) is 17.7 Å². The zero-order chi connectivity index (χ0) is 29.4. The molecule has 2 aromatic heterocycles. The van der Waals surface area contributed by atoms with Crippen molar-refractivity contribution in [2.75, 3.05) is 12.0 Å². The van der Waals surface area contributed by atoms with Crippen LogP contribution in [0.15, 0.2) is 97.2 Å². The van der Waals surface area contributed by atoms with Gasteiger partial charge in [0.1, 0.15) is 23.0 Å². The molecule has 0 unspecified atom stereocenters. The van der Waals surface area contributed by atoms with Gasteiger partial charge < -0.3 is 29.4 Å². The minimum Gasteiger partial charge on any atom is -0.506 e. The molecule has 0 aliphatic carbocycles. The summed E-state index contributed by atoms with van der Waals surface area (Å²) in [5, 5.41) is 15.4. The number of ether oxygens (including phenoxy) is 2. The van der Waals surface area contributed by atoms with Gasteiger partial charge in [0.2, 0.25) is 0 Å². The van der Waals surface area contributed by atoms with Crippen LogP contribution in [0.1, 0.15) is 34.7 Å². The second kappa shape index (κ2) is 11.4. The summed E-state index contributed by atoms with van der Waals surface area (Å²) in [4.78, 5) is 6.79. The number of hydrogen-bond donors (Lipinski definition) is 2. The Balaban J connectivity index is 1.40. The molecule has 2 atom stereocenters. The summed E-state index contributed by atoms with van der Waals surface area (Å²) in [5.74, 6) is 2.34. The molecule has 1 aliphatic heterocycles. The highest BCUT2D eigenvalue weighted by Crippen LogP contribution is 2.44. The molecule has 3 heterocycles. The zero-order valence-electron chi connectivity index (χ0n) is 23.3. The number of phenols is 1. The highest BCUT2D eigenvalue weighted by atomic mass is 35.5. The number of nitrogens with one attached hydrogen (secondary N) is 1. The highest BCUT2D eigenvalue weighted by molar-refractivity contribution is 7.80. The number of pyridine rings is 1. The van der Waals surface area contributed by atoms with E-state index in [-0.39, 0.29) is 17.8 Å². The number of aryl methyl sites for hydroxylation is 1. The van der Waals surface area contributed by atoms with Crippen LogP contribution in [0.2, 0.25) is 5.02 Å². The molecular weight excluding hydrogens is 568 g/mol. The monoisotopic (exact) mass is 596 g/mol. The van der Waals surface area contributed by atoms with Gasteiger partial charge in [-0.25, -0.2) is 0 Å². The molecule has 1 fully saturated rings. The SMILES string of the molecule is COc1ccc(Oc2ccc(N3C(=S)N[C@H](c4ccccn4)[C@H]3c3cc(C)n(-c4cc(Cl)ccc4O)c3C)cc2)cc1. The van der Waals surface area contributed by atoms with Crippen molar-refractivity contribution in [3.8, 4) is 28.7 Å². The third kappa shape index (κ3) is 5.15. The van der Waals surface area contributed by atoms with Gasteiger partial charge in [0.25, 0.3) is 0 Å². The molecule has 3 aromatic carbocycles. The zero-order valence-corrected chi connectivity index (χ0v) is 24.9. The Morgan fingerprint density at radius 2 is 1.60 bits per heavy atom. The minimum atomic E-state index is -0.220. The number of aromatic hydroxyl groups is 1. The van der Waals surface area contributed by atoms with Crippen LogP contribution in [-0.4, -0.2) is 26.9 Å². The van der Waals surface area contributed by atoms with Crippen LogP contribution in [0.5, 0.6) is 23.0 Å². The van der Waals surface area contributed by atoms with Crippen LogP contribution in [0.4, 0.5) is 5.69 Å². The molecule has 1 aliphatic rings. The summed E-state index contributed by atoms with van der Waals surface area (Å²) in [7, 11) is 1.64. The van der Waals surface area contributed by atoms with E-state index in [4.69, 9.17) is 33.3 Å². The van der Waals surface area contributed by atoms with E-state index in [1.807, 2.05) is 85.1 Å². The summed E-state index contributed by atoms with van der Waals surface area (Å²) in [6, 6.07) is 28.0. The molecule has 1 saturated heterocycles. The summed E-state index contributed by atoms with van der Waals surface area (Å²) in [6.45, 7) is 4.06. The Hall–Kier alpha value is -4.53. The molecule has 0 bridgehead atoms. The van der Waals surface area contributed by atoms with Crippen molar-refractivity contribution in [3.05, 3.63) is 125 Å². The number of thiocarbonyl (C=S) groups is 1. The van der Waals surface area contributed by atoms with Crippen molar-refractivity contribution >= 4 is 34.6 Å². The number of rotatable bonds is 7. The van der Waals surface area contributed by atoms with Crippen molar-refractivity contribution in [3.63, 3.8) is 0 Å². The van der Waals surface area contributed by atoms with Crippen LogP contribution in [0.25, 0.3) is 5.69 Å². The third-order valence-electron chi connectivity index (χ3n) is 7.48. The molecule has 42 heavy (non-hydrogen) atoms. The Labute approximate surface area is 254 Å². The average molecular weight is 597 g/mol. The number of benzene rings is 3. The summed E-state index contributed by atoms with van der Waals surface area (Å²) >= 11 is 12.3. The normalized spacial score (nSPS) is 16.4. The molecular formula is C33H29ClN4O3S. The standard InChI is InChI=1S/C33H29ClN4O3S/c1-20-18-27(21(2)37(20)29-19-22(34)7-16-30(29)39)32-31(28-6-4-5-17-35-28)36-33(42)38(32)23-8-10-25(11-9-23)41-26-14-12-24(40-3)13-15-26/h4-19,31-32,39H,1-3H3,(H,36,42)/t31-,32-/m1/s1. The minimum absolute atomic E-state index is 0.151. The van der Waals surface area contributed by atoms with E-state index in [1.165, 1.54) is 0 Å². The smallest absolute Gasteiger partial charge is 0.174 e. The number of hydrogen-bond acceptors (Lipinski definition) is 5. The van der Waals surface area contributed by atoms with E-state index in [2.05, 4.69) is 21.3 Å². The number of anilines is 1. The third-order valence-corrected chi connectivity index (χ3v) is 8.03. The van der Waals surface area contributed by atoms with Gasteiger partial charge in [0.05, 0.1) is 30.6 Å². The van der Waals surface area contributed by atoms with Gasteiger partial charge in [0.15, 0.2) is 5.11 Å². The van der Waals surface area contributed by atoms with Gasteiger partial charge in [0, 0.05) is 28.3 Å². The predicted molar refractivity (Wildman–Crippen MR) is 169 cm³/mol. The van der Waals surface area contributed by atoms with Crippen molar-refractivity contribution in [2.24, 2.45) is 0 Å². The van der Waals surface area contributed by atoms with Crippen LogP contribution in [-0.2, 0) is 0 Å². The van der Waals surface area contributed by atoms with E-state index in [0.717, 1.165) is 34.1 Å².